The van der Waals surface area contributed by atoms with E-state index in [0.717, 1.165) is 0 Å². The van der Waals surface area contributed by atoms with Crippen molar-refractivity contribution >= 4 is 11.9 Å². The summed E-state index contributed by atoms with van der Waals surface area (Å²) < 4.78 is 35.3. The Morgan fingerprint density at radius 1 is 1.19 bits per heavy atom. The number of carbonyl (C=O) groups is 2. The van der Waals surface area contributed by atoms with E-state index in [1.54, 1.807) is 5.32 Å². The first-order valence-electron chi connectivity index (χ1n) is 4.57. The number of carboxylic acid groups (broad SMARTS) is 1. The van der Waals surface area contributed by atoms with Crippen LogP contribution in [0.1, 0.15) is 26.7 Å². The number of rotatable bonds is 5. The maximum absolute atomic E-state index is 11.8. The van der Waals surface area contributed by atoms with Crippen LogP contribution in [0.25, 0.3) is 0 Å². The molecule has 0 aliphatic rings. The molecule has 94 valence electrons. The summed E-state index contributed by atoms with van der Waals surface area (Å²) in [6.07, 6.45) is -4.98. The van der Waals surface area contributed by atoms with E-state index >= 15 is 0 Å². The molecule has 0 saturated carbocycles. The Hall–Kier alpha value is -1.27. The fourth-order valence-corrected chi connectivity index (χ4v) is 1.17. The molecule has 0 rings (SSSR count). The predicted octanol–water partition coefficient (Wildman–Crippen LogP) is 1.56. The van der Waals surface area contributed by atoms with Crippen LogP contribution in [0.3, 0.4) is 0 Å². The Morgan fingerprint density at radius 3 is 2.06 bits per heavy atom. The van der Waals surface area contributed by atoms with Crippen molar-refractivity contribution in [3.05, 3.63) is 0 Å². The molecule has 16 heavy (non-hydrogen) atoms. The van der Waals surface area contributed by atoms with Crippen LogP contribution >= 0.6 is 0 Å². The highest BCUT2D eigenvalue weighted by molar-refractivity contribution is 5.77. The standard InChI is InChI=1S/C9H14F3NO3/c1-8(2,4-7(15)16)3-6(14)13-5-9(10,11)12/h3-5H2,1-2H3,(H,13,14)(H,15,16). The maximum Gasteiger partial charge on any atom is 0.405 e. The molecule has 0 aliphatic carbocycles. The van der Waals surface area contributed by atoms with E-state index in [-0.39, 0.29) is 12.8 Å². The van der Waals surface area contributed by atoms with Gasteiger partial charge in [0.05, 0.1) is 6.42 Å². The molecule has 0 heterocycles. The zero-order valence-electron chi connectivity index (χ0n) is 9.02. The van der Waals surface area contributed by atoms with Gasteiger partial charge in [-0.05, 0) is 5.41 Å². The molecular weight excluding hydrogens is 227 g/mol. The van der Waals surface area contributed by atoms with Crippen molar-refractivity contribution in [2.24, 2.45) is 5.41 Å². The summed E-state index contributed by atoms with van der Waals surface area (Å²) in [5, 5.41) is 10.2. The van der Waals surface area contributed by atoms with E-state index in [4.69, 9.17) is 5.11 Å². The van der Waals surface area contributed by atoms with E-state index in [2.05, 4.69) is 0 Å². The first-order chi connectivity index (χ1) is 7.02. The minimum absolute atomic E-state index is 0.255. The number of alkyl halides is 3. The number of hydrogen-bond acceptors (Lipinski definition) is 2. The lowest BCUT2D eigenvalue weighted by Crippen LogP contribution is -2.36. The van der Waals surface area contributed by atoms with Gasteiger partial charge in [-0.3, -0.25) is 9.59 Å². The molecule has 1 amide bonds. The van der Waals surface area contributed by atoms with Gasteiger partial charge >= 0.3 is 12.1 Å². The molecule has 4 nitrogen and oxygen atoms in total. The van der Waals surface area contributed by atoms with Gasteiger partial charge in [0.1, 0.15) is 6.54 Å². The zero-order chi connectivity index (χ0) is 13.0. The molecule has 0 spiro atoms. The highest BCUT2D eigenvalue weighted by Crippen LogP contribution is 2.24. The molecule has 0 fully saturated rings. The number of halogens is 3. The first kappa shape index (κ1) is 14.7. The van der Waals surface area contributed by atoms with Crippen molar-refractivity contribution in [2.75, 3.05) is 6.54 Å². The van der Waals surface area contributed by atoms with Gasteiger partial charge in [-0.25, -0.2) is 0 Å². The van der Waals surface area contributed by atoms with Gasteiger partial charge in [0, 0.05) is 6.42 Å². The summed E-state index contributed by atoms with van der Waals surface area (Å²) in [7, 11) is 0. The fraction of sp³-hybridized carbons (Fsp3) is 0.778. The number of carbonyl (C=O) groups excluding carboxylic acids is 1. The average molecular weight is 241 g/mol. The highest BCUT2D eigenvalue weighted by Gasteiger charge is 2.30. The normalized spacial score (nSPS) is 12.3. The average Bonchev–Trinajstić information content (AvgIpc) is 1.95. The number of aliphatic carboxylic acids is 1. The maximum atomic E-state index is 11.8. The molecule has 7 heteroatoms. The first-order valence-corrected chi connectivity index (χ1v) is 4.57. The van der Waals surface area contributed by atoms with Crippen molar-refractivity contribution in [2.45, 2.75) is 32.9 Å². The Labute approximate surface area is 90.8 Å². The van der Waals surface area contributed by atoms with Gasteiger partial charge < -0.3 is 10.4 Å². The van der Waals surface area contributed by atoms with Crippen LogP contribution in [0.4, 0.5) is 13.2 Å². The fourth-order valence-electron chi connectivity index (χ4n) is 1.17. The summed E-state index contributed by atoms with van der Waals surface area (Å²) in [5.74, 6) is -1.89. The van der Waals surface area contributed by atoms with Gasteiger partial charge in [-0.15, -0.1) is 0 Å². The predicted molar refractivity (Wildman–Crippen MR) is 49.7 cm³/mol. The van der Waals surface area contributed by atoms with Crippen LogP contribution in [0.2, 0.25) is 0 Å². The van der Waals surface area contributed by atoms with E-state index < -0.39 is 30.0 Å². The van der Waals surface area contributed by atoms with Gasteiger partial charge in [-0.1, -0.05) is 13.8 Å². The Bertz CT molecular complexity index is 274. The monoisotopic (exact) mass is 241 g/mol. The second-order valence-corrected chi connectivity index (χ2v) is 4.30. The SMILES string of the molecule is CC(C)(CC(=O)O)CC(=O)NCC(F)(F)F. The molecule has 2 N–H and O–H groups in total. The zero-order valence-corrected chi connectivity index (χ0v) is 9.02. The summed E-state index contributed by atoms with van der Waals surface area (Å²) in [6.45, 7) is 1.62. The molecule has 0 atom stereocenters. The minimum Gasteiger partial charge on any atom is -0.481 e. The van der Waals surface area contributed by atoms with Gasteiger partial charge in [0.25, 0.3) is 0 Å². The molecule has 0 unspecified atom stereocenters. The van der Waals surface area contributed by atoms with Crippen molar-refractivity contribution < 1.29 is 27.9 Å². The smallest absolute Gasteiger partial charge is 0.405 e. The van der Waals surface area contributed by atoms with Crippen LogP contribution in [0.15, 0.2) is 0 Å². The number of amides is 1. The quantitative estimate of drug-likeness (QED) is 0.767. The number of carboxylic acids is 1. The molecule has 0 aromatic heterocycles. The second-order valence-electron chi connectivity index (χ2n) is 4.30. The van der Waals surface area contributed by atoms with Gasteiger partial charge in [-0.2, -0.15) is 13.2 Å². The highest BCUT2D eigenvalue weighted by atomic mass is 19.4. The Kier molecular flexibility index (Phi) is 4.77. The van der Waals surface area contributed by atoms with Gasteiger partial charge in [0.15, 0.2) is 0 Å². The topological polar surface area (TPSA) is 66.4 Å². The molecular formula is C9H14F3NO3. The summed E-state index contributed by atoms with van der Waals surface area (Å²) in [5.41, 5.74) is -0.860. The van der Waals surface area contributed by atoms with Crippen molar-refractivity contribution in [1.82, 2.24) is 5.32 Å². The van der Waals surface area contributed by atoms with Crippen LogP contribution < -0.4 is 5.32 Å². The Morgan fingerprint density at radius 2 is 1.69 bits per heavy atom. The lowest BCUT2D eigenvalue weighted by molar-refractivity contribution is -0.142. The molecule has 0 aromatic carbocycles. The summed E-state index contributed by atoms with van der Waals surface area (Å²) in [4.78, 5) is 21.5. The van der Waals surface area contributed by atoms with Crippen LogP contribution in [0.5, 0.6) is 0 Å². The number of hydrogen-bond donors (Lipinski definition) is 2. The third-order valence-electron chi connectivity index (χ3n) is 1.75. The molecule has 0 radical (unpaired) electrons. The van der Waals surface area contributed by atoms with E-state index in [0.29, 0.717) is 0 Å². The van der Waals surface area contributed by atoms with Crippen LogP contribution in [-0.2, 0) is 9.59 Å². The van der Waals surface area contributed by atoms with Crippen molar-refractivity contribution in [1.29, 1.82) is 0 Å². The summed E-state index contributed by atoms with van der Waals surface area (Å²) >= 11 is 0. The van der Waals surface area contributed by atoms with E-state index in [9.17, 15) is 22.8 Å². The Balaban J connectivity index is 4.09. The summed E-state index contributed by atoms with van der Waals surface area (Å²) in [6, 6.07) is 0. The third-order valence-corrected chi connectivity index (χ3v) is 1.75. The van der Waals surface area contributed by atoms with Crippen LogP contribution in [-0.4, -0.2) is 29.7 Å². The van der Waals surface area contributed by atoms with Crippen molar-refractivity contribution in [3.63, 3.8) is 0 Å². The molecule has 0 aromatic rings. The van der Waals surface area contributed by atoms with Crippen molar-refractivity contribution in [3.8, 4) is 0 Å². The van der Waals surface area contributed by atoms with E-state index in [1.807, 2.05) is 0 Å². The molecule has 0 saturated heterocycles. The molecule has 0 bridgehead atoms. The van der Waals surface area contributed by atoms with E-state index in [1.165, 1.54) is 13.8 Å². The third kappa shape index (κ3) is 8.07. The lowest BCUT2D eigenvalue weighted by Gasteiger charge is -2.21. The largest absolute Gasteiger partial charge is 0.481 e. The van der Waals surface area contributed by atoms with Gasteiger partial charge in [0.2, 0.25) is 5.91 Å². The molecule has 0 aliphatic heterocycles. The lowest BCUT2D eigenvalue weighted by atomic mass is 9.85. The number of nitrogens with one attached hydrogen (secondary N) is 1. The second kappa shape index (κ2) is 5.18. The minimum atomic E-state index is -4.45. The van der Waals surface area contributed by atoms with Crippen LogP contribution in [0, 0.1) is 5.41 Å².